The van der Waals surface area contributed by atoms with E-state index in [4.69, 9.17) is 0 Å². The zero-order chi connectivity index (χ0) is 22.8. The molecule has 11 heteroatoms. The molecule has 1 heterocycles. The molecular formula is C20H16F5N3O3. The fraction of sp³-hybridized carbons (Fsp3) is 0.200. The van der Waals surface area contributed by atoms with Crippen LogP contribution in [-0.4, -0.2) is 18.5 Å². The maximum Gasteiger partial charge on any atom is 0.416 e. The van der Waals surface area contributed by atoms with Crippen LogP contribution in [0.25, 0.3) is 0 Å². The van der Waals surface area contributed by atoms with E-state index in [-0.39, 0.29) is 28.3 Å². The first kappa shape index (κ1) is 22.1. The van der Waals surface area contributed by atoms with Gasteiger partial charge in [-0.2, -0.15) is 22.0 Å². The SMILES string of the molecule is CC1=C(C(=O)Nc2cccc(C(F)(F)F)c2)C(c2ccccc2OC(F)F)NC(=O)N1. The van der Waals surface area contributed by atoms with E-state index < -0.39 is 36.3 Å². The predicted molar refractivity (Wildman–Crippen MR) is 100 cm³/mol. The molecule has 1 atom stereocenters. The van der Waals surface area contributed by atoms with Crippen molar-refractivity contribution in [3.05, 3.63) is 70.9 Å². The van der Waals surface area contributed by atoms with Gasteiger partial charge in [0.2, 0.25) is 0 Å². The number of para-hydroxylation sites is 1. The zero-order valence-corrected chi connectivity index (χ0v) is 15.9. The van der Waals surface area contributed by atoms with Gasteiger partial charge >= 0.3 is 18.8 Å². The molecule has 0 saturated heterocycles. The number of halogens is 5. The van der Waals surface area contributed by atoms with E-state index in [1.165, 1.54) is 37.3 Å². The highest BCUT2D eigenvalue weighted by atomic mass is 19.4. The average Bonchev–Trinajstić information content (AvgIpc) is 2.66. The lowest BCUT2D eigenvalue weighted by atomic mass is 9.94. The first-order valence-corrected chi connectivity index (χ1v) is 8.87. The molecule has 31 heavy (non-hydrogen) atoms. The summed E-state index contributed by atoms with van der Waals surface area (Å²) >= 11 is 0. The number of ether oxygens (including phenoxy) is 1. The first-order valence-electron chi connectivity index (χ1n) is 8.87. The minimum atomic E-state index is -4.61. The van der Waals surface area contributed by atoms with Crippen LogP contribution in [0.15, 0.2) is 59.8 Å². The second-order valence-electron chi connectivity index (χ2n) is 6.52. The summed E-state index contributed by atoms with van der Waals surface area (Å²) in [7, 11) is 0. The van der Waals surface area contributed by atoms with Crippen LogP contribution in [0.4, 0.5) is 32.4 Å². The lowest BCUT2D eigenvalue weighted by Crippen LogP contribution is -2.46. The van der Waals surface area contributed by atoms with Gasteiger partial charge in [-0.15, -0.1) is 0 Å². The number of benzene rings is 2. The van der Waals surface area contributed by atoms with Gasteiger partial charge in [-0.05, 0) is 31.2 Å². The molecule has 6 nitrogen and oxygen atoms in total. The summed E-state index contributed by atoms with van der Waals surface area (Å²) in [4.78, 5) is 24.9. The number of urea groups is 1. The van der Waals surface area contributed by atoms with Crippen LogP contribution < -0.4 is 20.7 Å². The van der Waals surface area contributed by atoms with Gasteiger partial charge in [0.25, 0.3) is 5.91 Å². The number of hydrogen-bond acceptors (Lipinski definition) is 3. The third-order valence-corrected chi connectivity index (χ3v) is 4.41. The summed E-state index contributed by atoms with van der Waals surface area (Å²) in [6.07, 6.45) is -4.61. The van der Waals surface area contributed by atoms with Gasteiger partial charge in [0.1, 0.15) is 5.75 Å². The van der Waals surface area contributed by atoms with Crippen LogP contribution >= 0.6 is 0 Å². The largest absolute Gasteiger partial charge is 0.434 e. The highest BCUT2D eigenvalue weighted by Gasteiger charge is 2.34. The first-order chi connectivity index (χ1) is 14.6. The summed E-state index contributed by atoms with van der Waals surface area (Å²) < 4.78 is 68.9. The Labute approximate surface area is 173 Å². The summed E-state index contributed by atoms with van der Waals surface area (Å²) in [5.41, 5.74) is -0.996. The minimum absolute atomic E-state index is 0.0752. The van der Waals surface area contributed by atoms with E-state index in [2.05, 4.69) is 20.7 Å². The van der Waals surface area contributed by atoms with Crippen LogP contribution in [0.5, 0.6) is 5.75 Å². The van der Waals surface area contributed by atoms with Crippen molar-refractivity contribution in [2.45, 2.75) is 25.8 Å². The number of rotatable bonds is 5. The highest BCUT2D eigenvalue weighted by Crippen LogP contribution is 2.35. The van der Waals surface area contributed by atoms with Crippen molar-refractivity contribution in [1.29, 1.82) is 0 Å². The molecule has 0 radical (unpaired) electrons. The van der Waals surface area contributed by atoms with Crippen molar-refractivity contribution in [2.24, 2.45) is 0 Å². The molecule has 3 N–H and O–H groups in total. The van der Waals surface area contributed by atoms with E-state index in [0.717, 1.165) is 18.2 Å². The number of anilines is 1. The van der Waals surface area contributed by atoms with Gasteiger partial charge in [0.15, 0.2) is 0 Å². The molecule has 0 saturated carbocycles. The standard InChI is InChI=1S/C20H16F5N3O3/c1-10-15(17(29)27-12-6-4-5-11(9-12)20(23,24)25)16(28-19(30)26-10)13-7-2-3-8-14(13)31-18(21)22/h2-9,16,18H,1H3,(H,27,29)(H2,26,28,30). The molecule has 164 valence electrons. The van der Waals surface area contributed by atoms with Crippen LogP contribution in [0.3, 0.4) is 0 Å². The maximum atomic E-state index is 12.9. The van der Waals surface area contributed by atoms with E-state index in [1.807, 2.05) is 0 Å². The van der Waals surface area contributed by atoms with Gasteiger partial charge in [-0.3, -0.25) is 4.79 Å². The molecule has 1 unspecified atom stereocenters. The Morgan fingerprint density at radius 3 is 2.52 bits per heavy atom. The molecule has 1 aliphatic heterocycles. The number of amides is 3. The van der Waals surface area contributed by atoms with E-state index in [0.29, 0.717) is 0 Å². The number of alkyl halides is 5. The second kappa shape index (κ2) is 8.62. The smallest absolute Gasteiger partial charge is 0.416 e. The van der Waals surface area contributed by atoms with Gasteiger partial charge in [-0.1, -0.05) is 24.3 Å². The molecule has 0 bridgehead atoms. The zero-order valence-electron chi connectivity index (χ0n) is 15.9. The second-order valence-corrected chi connectivity index (χ2v) is 6.52. The normalized spacial score (nSPS) is 16.6. The van der Waals surface area contributed by atoms with Crippen LogP contribution in [0.1, 0.15) is 24.1 Å². The van der Waals surface area contributed by atoms with Crippen molar-refractivity contribution >= 4 is 17.6 Å². The van der Waals surface area contributed by atoms with Gasteiger partial charge in [0, 0.05) is 16.9 Å². The van der Waals surface area contributed by atoms with Gasteiger partial charge in [0.05, 0.1) is 17.2 Å². The van der Waals surface area contributed by atoms with Crippen molar-refractivity contribution in [3.63, 3.8) is 0 Å². The molecule has 3 amide bonds. The van der Waals surface area contributed by atoms with E-state index in [9.17, 15) is 31.5 Å². The Kier molecular flexibility index (Phi) is 6.14. The lowest BCUT2D eigenvalue weighted by molar-refractivity contribution is -0.137. The monoisotopic (exact) mass is 441 g/mol. The minimum Gasteiger partial charge on any atom is -0.434 e. The number of carbonyl (C=O) groups excluding carboxylic acids is 2. The molecule has 0 spiro atoms. The Morgan fingerprint density at radius 2 is 1.84 bits per heavy atom. The van der Waals surface area contributed by atoms with Gasteiger partial charge < -0.3 is 20.7 Å². The number of hydrogen-bond donors (Lipinski definition) is 3. The quantitative estimate of drug-likeness (QED) is 0.595. The molecule has 1 aliphatic rings. The summed E-state index contributed by atoms with van der Waals surface area (Å²) in [6, 6.07) is 7.69. The van der Waals surface area contributed by atoms with Crippen molar-refractivity contribution in [2.75, 3.05) is 5.32 Å². The Bertz CT molecular complexity index is 1040. The lowest BCUT2D eigenvalue weighted by Gasteiger charge is -2.29. The van der Waals surface area contributed by atoms with E-state index >= 15 is 0 Å². The van der Waals surface area contributed by atoms with Crippen LogP contribution in [-0.2, 0) is 11.0 Å². The third-order valence-electron chi connectivity index (χ3n) is 4.41. The molecule has 3 rings (SSSR count). The van der Waals surface area contributed by atoms with Crippen LogP contribution in [0.2, 0.25) is 0 Å². The Hall–Kier alpha value is -3.63. The third kappa shape index (κ3) is 5.11. The van der Waals surface area contributed by atoms with Crippen molar-refractivity contribution < 1.29 is 36.3 Å². The topological polar surface area (TPSA) is 79.5 Å². The summed E-state index contributed by atoms with van der Waals surface area (Å²) in [6.45, 7) is -1.74. The molecular weight excluding hydrogens is 425 g/mol. The number of allylic oxidation sites excluding steroid dienone is 1. The number of nitrogens with one attached hydrogen (secondary N) is 3. The number of carbonyl (C=O) groups is 2. The molecule has 2 aromatic rings. The predicted octanol–water partition coefficient (Wildman–Crippen LogP) is 4.57. The fourth-order valence-corrected chi connectivity index (χ4v) is 3.12. The Balaban J connectivity index is 1.97. The van der Waals surface area contributed by atoms with Crippen molar-refractivity contribution in [1.82, 2.24) is 10.6 Å². The van der Waals surface area contributed by atoms with Crippen LogP contribution in [0, 0.1) is 0 Å². The van der Waals surface area contributed by atoms with Gasteiger partial charge in [-0.25, -0.2) is 4.79 Å². The molecule has 0 aromatic heterocycles. The maximum absolute atomic E-state index is 12.9. The molecule has 0 fully saturated rings. The Morgan fingerprint density at radius 1 is 1.13 bits per heavy atom. The summed E-state index contributed by atoms with van der Waals surface area (Å²) in [5.74, 6) is -1.09. The summed E-state index contributed by atoms with van der Waals surface area (Å²) in [5, 5.41) is 7.20. The van der Waals surface area contributed by atoms with E-state index in [1.54, 1.807) is 0 Å². The average molecular weight is 441 g/mol. The molecule has 0 aliphatic carbocycles. The van der Waals surface area contributed by atoms with Crippen molar-refractivity contribution in [3.8, 4) is 5.75 Å². The molecule has 2 aromatic carbocycles. The fourth-order valence-electron chi connectivity index (χ4n) is 3.12. The highest BCUT2D eigenvalue weighted by molar-refractivity contribution is 6.06.